The minimum atomic E-state index is -3.38. The number of aromatic hydroxyl groups is 1. The highest BCUT2D eigenvalue weighted by molar-refractivity contribution is 7.92. The predicted molar refractivity (Wildman–Crippen MR) is 118 cm³/mol. The molecular formula is C22H29N3O4S. The first kappa shape index (κ1) is 22.1. The number of likely N-dealkylation sites (N-methyl/N-ethyl adjacent to an activating group) is 1. The molecule has 1 saturated heterocycles. The fraction of sp³-hybridized carbons (Fsp3) is 0.409. The van der Waals surface area contributed by atoms with Gasteiger partial charge in [0.15, 0.2) is 0 Å². The first-order valence-electron chi connectivity index (χ1n) is 10.0. The largest absolute Gasteiger partial charge is 0.508 e. The van der Waals surface area contributed by atoms with E-state index >= 15 is 0 Å². The van der Waals surface area contributed by atoms with Crippen molar-refractivity contribution in [3.05, 3.63) is 59.7 Å². The molecule has 0 radical (unpaired) electrons. The molecule has 1 aliphatic rings. The summed E-state index contributed by atoms with van der Waals surface area (Å²) in [5.74, 6) is 0.110. The monoisotopic (exact) mass is 431 g/mol. The molecule has 30 heavy (non-hydrogen) atoms. The van der Waals surface area contributed by atoms with E-state index in [0.29, 0.717) is 12.2 Å². The highest BCUT2D eigenvalue weighted by Crippen LogP contribution is 2.26. The lowest BCUT2D eigenvalue weighted by atomic mass is 10.0. The molecule has 1 atom stereocenters. The molecule has 3 rings (SSSR count). The van der Waals surface area contributed by atoms with Crippen molar-refractivity contribution in [2.75, 3.05) is 37.7 Å². The van der Waals surface area contributed by atoms with Crippen molar-refractivity contribution in [2.24, 2.45) is 0 Å². The van der Waals surface area contributed by atoms with Gasteiger partial charge in [0.2, 0.25) is 15.9 Å². The van der Waals surface area contributed by atoms with E-state index < -0.39 is 10.0 Å². The van der Waals surface area contributed by atoms with Crippen molar-refractivity contribution in [3.63, 3.8) is 0 Å². The number of anilines is 1. The molecule has 0 aromatic heterocycles. The number of benzene rings is 2. The maximum Gasteiger partial charge on any atom is 0.229 e. The smallest absolute Gasteiger partial charge is 0.229 e. The Bertz CT molecular complexity index is 987. The van der Waals surface area contributed by atoms with E-state index in [-0.39, 0.29) is 24.1 Å². The third-order valence-corrected chi connectivity index (χ3v) is 5.94. The van der Waals surface area contributed by atoms with Gasteiger partial charge < -0.3 is 14.9 Å². The summed E-state index contributed by atoms with van der Waals surface area (Å²) >= 11 is 0. The maximum atomic E-state index is 13.1. The van der Waals surface area contributed by atoms with Crippen molar-refractivity contribution in [1.29, 1.82) is 0 Å². The Morgan fingerprint density at radius 1 is 1.17 bits per heavy atom. The second-order valence-corrected chi connectivity index (χ2v) is 9.62. The number of carbonyl (C=O) groups excluding carboxylic acids is 1. The summed E-state index contributed by atoms with van der Waals surface area (Å²) in [5.41, 5.74) is 2.06. The van der Waals surface area contributed by atoms with Gasteiger partial charge in [0.1, 0.15) is 5.75 Å². The van der Waals surface area contributed by atoms with Gasteiger partial charge in [0.25, 0.3) is 0 Å². The van der Waals surface area contributed by atoms with Crippen LogP contribution in [0, 0.1) is 0 Å². The van der Waals surface area contributed by atoms with Crippen molar-refractivity contribution < 1.29 is 18.3 Å². The Kier molecular flexibility index (Phi) is 6.99. The van der Waals surface area contributed by atoms with Crippen LogP contribution in [0.3, 0.4) is 0 Å². The van der Waals surface area contributed by atoms with Crippen LogP contribution in [0.2, 0.25) is 0 Å². The van der Waals surface area contributed by atoms with Gasteiger partial charge in [0.05, 0.1) is 18.7 Å². The third kappa shape index (κ3) is 6.21. The summed E-state index contributed by atoms with van der Waals surface area (Å²) < 4.78 is 25.4. The molecule has 1 aliphatic heterocycles. The standard InChI is InChI=1S/C22H29N3O4S/c1-24(22(27)14-17-7-5-9-19(13-17)23-30(2,28)29)21(16-25-11-3-4-12-25)18-8-6-10-20(26)15-18/h5-10,13,15,21,23,26H,3-4,11-12,14,16H2,1-2H3. The van der Waals surface area contributed by atoms with Crippen LogP contribution in [-0.2, 0) is 21.2 Å². The number of phenolic OH excluding ortho intramolecular Hbond substituents is 1. The molecule has 0 spiro atoms. The lowest BCUT2D eigenvalue weighted by Gasteiger charge is -2.32. The summed E-state index contributed by atoms with van der Waals surface area (Å²) in [6.07, 6.45) is 3.57. The van der Waals surface area contributed by atoms with Gasteiger partial charge in [-0.2, -0.15) is 0 Å². The first-order chi connectivity index (χ1) is 14.2. The summed E-state index contributed by atoms with van der Waals surface area (Å²) in [6, 6.07) is 13.7. The molecule has 2 N–H and O–H groups in total. The third-order valence-electron chi connectivity index (χ3n) is 5.33. The Morgan fingerprint density at radius 2 is 1.87 bits per heavy atom. The summed E-state index contributed by atoms with van der Waals surface area (Å²) in [5, 5.41) is 9.93. The Hall–Kier alpha value is -2.58. The quantitative estimate of drug-likeness (QED) is 0.671. The van der Waals surface area contributed by atoms with Crippen LogP contribution in [-0.4, -0.2) is 62.2 Å². The summed E-state index contributed by atoms with van der Waals surface area (Å²) in [7, 11) is -1.60. The zero-order chi connectivity index (χ0) is 21.7. The Labute approximate surface area is 178 Å². The minimum Gasteiger partial charge on any atom is -0.508 e. The maximum absolute atomic E-state index is 13.1. The normalized spacial score (nSPS) is 15.7. The van der Waals surface area contributed by atoms with Crippen LogP contribution in [0.1, 0.15) is 30.0 Å². The molecule has 1 amide bonds. The zero-order valence-corrected chi connectivity index (χ0v) is 18.2. The van der Waals surface area contributed by atoms with Crippen LogP contribution >= 0.6 is 0 Å². The van der Waals surface area contributed by atoms with Crippen molar-refractivity contribution in [1.82, 2.24) is 9.80 Å². The van der Waals surface area contributed by atoms with Crippen molar-refractivity contribution in [2.45, 2.75) is 25.3 Å². The number of nitrogens with one attached hydrogen (secondary N) is 1. The number of sulfonamides is 1. The molecule has 8 heteroatoms. The average Bonchev–Trinajstić information content (AvgIpc) is 3.17. The van der Waals surface area contributed by atoms with Crippen LogP contribution in [0.4, 0.5) is 5.69 Å². The van der Waals surface area contributed by atoms with Crippen LogP contribution in [0.25, 0.3) is 0 Å². The van der Waals surface area contributed by atoms with Crippen LogP contribution in [0.15, 0.2) is 48.5 Å². The molecule has 162 valence electrons. The first-order valence-corrected chi connectivity index (χ1v) is 11.9. The lowest BCUT2D eigenvalue weighted by molar-refractivity contribution is -0.131. The van der Waals surface area contributed by atoms with Gasteiger partial charge in [-0.1, -0.05) is 24.3 Å². The number of nitrogens with zero attached hydrogens (tertiary/aromatic N) is 2. The number of amides is 1. The highest BCUT2D eigenvalue weighted by Gasteiger charge is 2.26. The lowest BCUT2D eigenvalue weighted by Crippen LogP contribution is -2.39. The minimum absolute atomic E-state index is 0.0703. The van der Waals surface area contributed by atoms with E-state index in [1.807, 2.05) is 12.1 Å². The van der Waals surface area contributed by atoms with Crippen molar-refractivity contribution in [3.8, 4) is 5.75 Å². The Morgan fingerprint density at radius 3 is 2.53 bits per heavy atom. The van der Waals surface area contributed by atoms with Gasteiger partial charge >= 0.3 is 0 Å². The molecular weight excluding hydrogens is 402 g/mol. The fourth-order valence-electron chi connectivity index (χ4n) is 3.83. The molecule has 1 heterocycles. The second-order valence-electron chi connectivity index (χ2n) is 7.87. The van der Waals surface area contributed by atoms with E-state index in [0.717, 1.165) is 43.3 Å². The van der Waals surface area contributed by atoms with E-state index in [4.69, 9.17) is 0 Å². The average molecular weight is 432 g/mol. The molecule has 2 aromatic rings. The SMILES string of the molecule is CN(C(=O)Cc1cccc(NS(C)(=O)=O)c1)C(CN1CCCC1)c1cccc(O)c1. The van der Waals surface area contributed by atoms with E-state index in [1.54, 1.807) is 48.3 Å². The molecule has 7 nitrogen and oxygen atoms in total. The predicted octanol–water partition coefficient (Wildman–Crippen LogP) is 2.60. The number of hydrogen-bond donors (Lipinski definition) is 2. The van der Waals surface area contributed by atoms with Crippen LogP contribution in [0.5, 0.6) is 5.75 Å². The molecule has 2 aromatic carbocycles. The molecule has 0 aliphatic carbocycles. The number of rotatable bonds is 8. The van der Waals surface area contributed by atoms with Gasteiger partial charge in [-0.3, -0.25) is 9.52 Å². The Balaban J connectivity index is 1.77. The van der Waals surface area contributed by atoms with Crippen molar-refractivity contribution >= 4 is 21.6 Å². The number of hydrogen-bond acceptors (Lipinski definition) is 5. The van der Waals surface area contributed by atoms with Crippen LogP contribution < -0.4 is 4.72 Å². The van der Waals surface area contributed by atoms with E-state index in [2.05, 4.69) is 9.62 Å². The van der Waals surface area contributed by atoms with Gasteiger partial charge in [0, 0.05) is 19.3 Å². The second kappa shape index (κ2) is 9.49. The van der Waals surface area contributed by atoms with E-state index in [1.165, 1.54) is 0 Å². The van der Waals surface area contributed by atoms with Gasteiger partial charge in [-0.05, 0) is 61.3 Å². The highest BCUT2D eigenvalue weighted by atomic mass is 32.2. The number of likely N-dealkylation sites (tertiary alicyclic amines) is 1. The molecule has 1 unspecified atom stereocenters. The van der Waals surface area contributed by atoms with E-state index in [9.17, 15) is 18.3 Å². The zero-order valence-electron chi connectivity index (χ0n) is 17.4. The number of phenols is 1. The summed E-state index contributed by atoms with van der Waals surface area (Å²) in [4.78, 5) is 17.2. The van der Waals surface area contributed by atoms with Gasteiger partial charge in [-0.15, -0.1) is 0 Å². The molecule has 1 fully saturated rings. The fourth-order valence-corrected chi connectivity index (χ4v) is 4.38. The number of carbonyl (C=O) groups is 1. The molecule has 0 bridgehead atoms. The molecule has 0 saturated carbocycles. The summed E-state index contributed by atoms with van der Waals surface area (Å²) in [6.45, 7) is 2.73. The topological polar surface area (TPSA) is 90.0 Å². The van der Waals surface area contributed by atoms with Gasteiger partial charge in [-0.25, -0.2) is 8.42 Å².